The summed E-state index contributed by atoms with van der Waals surface area (Å²) in [5.41, 5.74) is 9.28. The van der Waals surface area contributed by atoms with Gasteiger partial charge in [0.15, 0.2) is 0 Å². The number of rotatable bonds is 2. The van der Waals surface area contributed by atoms with Crippen molar-refractivity contribution in [1.82, 2.24) is 9.88 Å². The Morgan fingerprint density at radius 3 is 2.48 bits per heavy atom. The van der Waals surface area contributed by atoms with Gasteiger partial charge in [0, 0.05) is 24.1 Å². The molecule has 3 nitrogen and oxygen atoms in total. The smallest absolute Gasteiger partial charge is 0.251 e. The van der Waals surface area contributed by atoms with E-state index in [1.165, 1.54) is 60.2 Å². The van der Waals surface area contributed by atoms with Crippen molar-refractivity contribution in [3.63, 3.8) is 0 Å². The number of pyridine rings is 1. The molecule has 0 bridgehead atoms. The Bertz CT molecular complexity index is 865. The zero-order chi connectivity index (χ0) is 16.1. The van der Waals surface area contributed by atoms with E-state index in [2.05, 4.69) is 28.1 Å². The number of hydrogen-bond donors (Lipinski definition) is 1. The van der Waals surface area contributed by atoms with Gasteiger partial charge >= 0.3 is 0 Å². The van der Waals surface area contributed by atoms with Crippen molar-refractivity contribution in [2.45, 2.75) is 51.5 Å². The topological polar surface area (TPSA) is 36.1 Å². The number of aromatic nitrogens is 1. The number of aromatic amines is 1. The second-order valence-corrected chi connectivity index (χ2v) is 7.58. The Hall–Kier alpha value is -1.58. The van der Waals surface area contributed by atoms with Gasteiger partial charge in [-0.05, 0) is 73.9 Å². The molecule has 0 radical (unpaired) electrons. The molecular weight excluding hydrogens is 332 g/mol. The van der Waals surface area contributed by atoms with Crippen LogP contribution in [0.2, 0.25) is 0 Å². The summed E-state index contributed by atoms with van der Waals surface area (Å²) in [7, 11) is 0. The summed E-state index contributed by atoms with van der Waals surface area (Å²) in [6.45, 7) is 3.51. The number of likely N-dealkylation sites (tertiary alicyclic amines) is 1. The SMILES string of the molecule is Cl.O=c1[nH]c2c(c3c1CCCC3)Cc1c(CN3CCCC3)cccc1-2. The molecule has 0 spiro atoms. The Morgan fingerprint density at radius 1 is 0.920 bits per heavy atom. The van der Waals surface area contributed by atoms with E-state index in [9.17, 15) is 4.79 Å². The largest absolute Gasteiger partial charge is 0.321 e. The van der Waals surface area contributed by atoms with Gasteiger partial charge in [0.05, 0.1) is 5.69 Å². The predicted molar refractivity (Wildman–Crippen MR) is 104 cm³/mol. The maximum Gasteiger partial charge on any atom is 0.251 e. The van der Waals surface area contributed by atoms with Crippen LogP contribution in [0, 0.1) is 0 Å². The third kappa shape index (κ3) is 2.74. The molecule has 1 aromatic heterocycles. The van der Waals surface area contributed by atoms with Crippen molar-refractivity contribution in [2.24, 2.45) is 0 Å². The highest BCUT2D eigenvalue weighted by molar-refractivity contribution is 5.85. The molecule has 25 heavy (non-hydrogen) atoms. The predicted octanol–water partition coefficient (Wildman–Crippen LogP) is 3.84. The Labute approximate surface area is 154 Å². The fourth-order valence-electron chi connectivity index (χ4n) is 4.91. The highest BCUT2D eigenvalue weighted by Gasteiger charge is 2.28. The molecule has 0 atom stereocenters. The van der Waals surface area contributed by atoms with Crippen LogP contribution in [0.4, 0.5) is 0 Å². The van der Waals surface area contributed by atoms with Gasteiger partial charge in [0.2, 0.25) is 0 Å². The summed E-state index contributed by atoms with van der Waals surface area (Å²) >= 11 is 0. The van der Waals surface area contributed by atoms with Gasteiger partial charge in [-0.25, -0.2) is 0 Å². The number of nitrogens with zero attached hydrogens (tertiary/aromatic N) is 1. The van der Waals surface area contributed by atoms with Crippen LogP contribution in [0.3, 0.4) is 0 Å². The average Bonchev–Trinajstić information content (AvgIpc) is 3.24. The normalized spacial score (nSPS) is 18.4. The van der Waals surface area contributed by atoms with E-state index in [0.717, 1.165) is 43.5 Å². The van der Waals surface area contributed by atoms with Crippen molar-refractivity contribution in [2.75, 3.05) is 13.1 Å². The maximum atomic E-state index is 12.5. The molecule has 3 aliphatic rings. The molecule has 1 fully saturated rings. The van der Waals surface area contributed by atoms with Crippen LogP contribution in [0.25, 0.3) is 11.3 Å². The molecule has 2 aliphatic carbocycles. The van der Waals surface area contributed by atoms with E-state index in [0.29, 0.717) is 0 Å². The second kappa shape index (κ2) is 6.62. The Morgan fingerprint density at radius 2 is 1.68 bits per heavy atom. The van der Waals surface area contributed by atoms with Gasteiger partial charge in [-0.3, -0.25) is 9.69 Å². The lowest BCUT2D eigenvalue weighted by Crippen LogP contribution is -2.21. The van der Waals surface area contributed by atoms with E-state index in [-0.39, 0.29) is 18.0 Å². The average molecular weight is 357 g/mol. The quantitative estimate of drug-likeness (QED) is 0.757. The number of H-pyrrole nitrogens is 1. The summed E-state index contributed by atoms with van der Waals surface area (Å²) in [6, 6.07) is 6.64. The number of nitrogens with one attached hydrogen (secondary N) is 1. The molecule has 1 N–H and O–H groups in total. The van der Waals surface area contributed by atoms with Gasteiger partial charge in [-0.15, -0.1) is 12.4 Å². The monoisotopic (exact) mass is 356 g/mol. The molecule has 4 heteroatoms. The number of fused-ring (bicyclic) bond motifs is 5. The lowest BCUT2D eigenvalue weighted by molar-refractivity contribution is 0.330. The first-order chi connectivity index (χ1) is 11.8. The molecule has 132 valence electrons. The third-order valence-corrected chi connectivity index (χ3v) is 6.14. The number of hydrogen-bond acceptors (Lipinski definition) is 2. The Balaban J connectivity index is 0.00000157. The summed E-state index contributed by atoms with van der Waals surface area (Å²) in [4.78, 5) is 18.3. The highest BCUT2D eigenvalue weighted by Crippen LogP contribution is 2.40. The first-order valence-electron chi connectivity index (χ1n) is 9.41. The molecule has 2 aromatic rings. The van der Waals surface area contributed by atoms with Crippen LogP contribution in [0.5, 0.6) is 0 Å². The summed E-state index contributed by atoms with van der Waals surface area (Å²) in [6.07, 6.45) is 8.08. The summed E-state index contributed by atoms with van der Waals surface area (Å²) in [5.74, 6) is 0. The first-order valence-corrected chi connectivity index (χ1v) is 9.41. The molecule has 0 saturated carbocycles. The van der Waals surface area contributed by atoms with Gasteiger partial charge < -0.3 is 4.98 Å². The van der Waals surface area contributed by atoms with Crippen molar-refractivity contribution in [3.8, 4) is 11.3 Å². The minimum atomic E-state index is 0. The van der Waals surface area contributed by atoms with E-state index >= 15 is 0 Å². The van der Waals surface area contributed by atoms with E-state index in [4.69, 9.17) is 0 Å². The molecule has 1 saturated heterocycles. The van der Waals surface area contributed by atoms with Crippen molar-refractivity contribution in [3.05, 3.63) is 56.4 Å². The van der Waals surface area contributed by atoms with Crippen LogP contribution in [0.1, 0.15) is 53.5 Å². The van der Waals surface area contributed by atoms with Crippen molar-refractivity contribution < 1.29 is 0 Å². The van der Waals surface area contributed by atoms with E-state index < -0.39 is 0 Å². The maximum absolute atomic E-state index is 12.5. The Kier molecular flexibility index (Phi) is 4.47. The fraction of sp³-hybridized carbons (Fsp3) is 0.476. The van der Waals surface area contributed by atoms with Crippen molar-refractivity contribution >= 4 is 12.4 Å². The van der Waals surface area contributed by atoms with Gasteiger partial charge in [-0.1, -0.05) is 18.2 Å². The molecule has 5 rings (SSSR count). The minimum Gasteiger partial charge on any atom is -0.321 e. The number of benzene rings is 1. The first kappa shape index (κ1) is 16.9. The van der Waals surface area contributed by atoms with Gasteiger partial charge in [0.1, 0.15) is 0 Å². The highest BCUT2D eigenvalue weighted by atomic mass is 35.5. The van der Waals surface area contributed by atoms with Crippen LogP contribution < -0.4 is 5.56 Å². The second-order valence-electron chi connectivity index (χ2n) is 7.58. The van der Waals surface area contributed by atoms with E-state index in [1.54, 1.807) is 0 Å². The third-order valence-electron chi connectivity index (χ3n) is 6.14. The zero-order valence-corrected chi connectivity index (χ0v) is 15.4. The standard InChI is InChI=1S/C21H24N2O.ClH/c24-21-17-8-2-1-7-15(17)19-12-18-14(13-23-10-3-4-11-23)6-5-9-16(18)20(19)22-21;/h5-6,9H,1-4,7-8,10-13H2,(H,22,24);1H. The molecular formula is C21H25ClN2O. The fourth-order valence-corrected chi connectivity index (χ4v) is 4.91. The van der Waals surface area contributed by atoms with Crippen LogP contribution in [0.15, 0.2) is 23.0 Å². The molecule has 2 heterocycles. The van der Waals surface area contributed by atoms with Gasteiger partial charge in [0.25, 0.3) is 5.56 Å². The van der Waals surface area contributed by atoms with Crippen LogP contribution >= 0.6 is 12.4 Å². The van der Waals surface area contributed by atoms with Crippen LogP contribution in [-0.4, -0.2) is 23.0 Å². The lowest BCUT2D eigenvalue weighted by atomic mass is 9.88. The van der Waals surface area contributed by atoms with Crippen LogP contribution in [-0.2, 0) is 25.8 Å². The molecule has 1 aromatic carbocycles. The van der Waals surface area contributed by atoms with E-state index in [1.807, 2.05) is 0 Å². The van der Waals surface area contributed by atoms with Gasteiger partial charge in [-0.2, -0.15) is 0 Å². The molecule has 0 unspecified atom stereocenters. The molecule has 1 aliphatic heterocycles. The summed E-state index contributed by atoms with van der Waals surface area (Å²) in [5, 5.41) is 0. The molecule has 0 amide bonds. The minimum absolute atomic E-state index is 0. The lowest BCUT2D eigenvalue weighted by Gasteiger charge is -2.18. The number of halogens is 1. The zero-order valence-electron chi connectivity index (χ0n) is 14.6. The van der Waals surface area contributed by atoms with Crippen molar-refractivity contribution in [1.29, 1.82) is 0 Å². The summed E-state index contributed by atoms with van der Waals surface area (Å²) < 4.78 is 0.